The van der Waals surface area contributed by atoms with Gasteiger partial charge >= 0.3 is 6.03 Å². The first-order valence-corrected chi connectivity index (χ1v) is 14.2. The van der Waals surface area contributed by atoms with Crippen molar-refractivity contribution in [2.45, 2.75) is 51.1 Å². The molecule has 3 aromatic rings. The molecular weight excluding hydrogens is 522 g/mol. The number of nitriles is 1. The number of nitrogens with zero attached hydrogens (tertiary/aromatic N) is 5. The molecular formula is C28H30F2N6O2S. The van der Waals surface area contributed by atoms with E-state index < -0.39 is 6.43 Å². The number of nitrogens with one attached hydrogen (secondary N) is 1. The van der Waals surface area contributed by atoms with Crippen LogP contribution in [0.1, 0.15) is 59.0 Å². The summed E-state index contributed by atoms with van der Waals surface area (Å²) in [6.07, 6.45) is 1.38. The molecule has 1 N–H and O–H groups in total. The number of urea groups is 1. The summed E-state index contributed by atoms with van der Waals surface area (Å²) in [5, 5.41) is 17.1. The molecule has 0 radical (unpaired) electrons. The Labute approximate surface area is 229 Å². The van der Waals surface area contributed by atoms with Crippen LogP contribution < -0.4 is 10.2 Å². The lowest BCUT2D eigenvalue weighted by molar-refractivity contribution is 0.0651. The molecule has 11 heteroatoms. The van der Waals surface area contributed by atoms with Crippen LogP contribution in [0.4, 0.5) is 25.1 Å². The normalized spacial score (nSPS) is 17.6. The first-order valence-electron chi connectivity index (χ1n) is 13.4. The van der Waals surface area contributed by atoms with E-state index in [4.69, 9.17) is 9.84 Å². The van der Waals surface area contributed by atoms with Crippen molar-refractivity contribution in [2.24, 2.45) is 0 Å². The van der Waals surface area contributed by atoms with Gasteiger partial charge in [-0.2, -0.15) is 10.4 Å². The number of thiophene rings is 1. The van der Waals surface area contributed by atoms with Crippen LogP contribution in [0.25, 0.3) is 10.4 Å². The van der Waals surface area contributed by atoms with Crippen molar-refractivity contribution < 1.29 is 18.3 Å². The van der Waals surface area contributed by atoms with E-state index in [2.05, 4.69) is 21.0 Å². The van der Waals surface area contributed by atoms with Gasteiger partial charge in [-0.05, 0) is 55.5 Å². The number of hydrogen-bond donors (Lipinski definition) is 1. The lowest BCUT2D eigenvalue weighted by Crippen LogP contribution is -2.42. The van der Waals surface area contributed by atoms with Gasteiger partial charge < -0.3 is 19.9 Å². The minimum atomic E-state index is -2.67. The largest absolute Gasteiger partial charge is 0.381 e. The van der Waals surface area contributed by atoms with E-state index in [1.807, 2.05) is 6.07 Å². The Morgan fingerprint density at radius 1 is 1.23 bits per heavy atom. The van der Waals surface area contributed by atoms with Gasteiger partial charge in [0.25, 0.3) is 6.43 Å². The fourth-order valence-corrected chi connectivity index (χ4v) is 6.86. The second-order valence-electron chi connectivity index (χ2n) is 10.2. The number of benzene rings is 1. The summed E-state index contributed by atoms with van der Waals surface area (Å²) in [6, 6.07) is 9.08. The zero-order valence-corrected chi connectivity index (χ0v) is 22.6. The Kier molecular flexibility index (Phi) is 6.99. The average molecular weight is 553 g/mol. The van der Waals surface area contributed by atoms with Gasteiger partial charge in [0.05, 0.1) is 12.6 Å². The number of rotatable bonds is 4. The maximum atomic E-state index is 14.4. The van der Waals surface area contributed by atoms with Crippen molar-refractivity contribution in [3.63, 3.8) is 0 Å². The molecule has 0 bridgehead atoms. The molecule has 39 heavy (non-hydrogen) atoms. The summed E-state index contributed by atoms with van der Waals surface area (Å²) in [7, 11) is 1.63. The zero-order chi connectivity index (χ0) is 27.1. The second-order valence-corrected chi connectivity index (χ2v) is 11.2. The minimum absolute atomic E-state index is 0.0447. The smallest absolute Gasteiger partial charge is 0.317 e. The third kappa shape index (κ3) is 4.66. The summed E-state index contributed by atoms with van der Waals surface area (Å²) in [5.41, 5.74) is 4.28. The van der Waals surface area contributed by atoms with E-state index in [9.17, 15) is 18.8 Å². The Hall–Kier alpha value is -3.49. The molecule has 6 rings (SSSR count). The van der Waals surface area contributed by atoms with Gasteiger partial charge in [-0.1, -0.05) is 0 Å². The van der Waals surface area contributed by atoms with Crippen LogP contribution in [-0.4, -0.2) is 54.1 Å². The highest BCUT2D eigenvalue weighted by Crippen LogP contribution is 2.44. The fraction of sp³-hybridized carbons (Fsp3) is 0.464. The van der Waals surface area contributed by atoms with Crippen LogP contribution in [0.3, 0.4) is 0 Å². The summed E-state index contributed by atoms with van der Waals surface area (Å²) < 4.78 is 36.6. The van der Waals surface area contributed by atoms with Gasteiger partial charge in [-0.15, -0.1) is 11.3 Å². The predicted molar refractivity (Wildman–Crippen MR) is 145 cm³/mol. The molecule has 204 valence electrons. The molecule has 1 fully saturated rings. The quantitative estimate of drug-likeness (QED) is 0.459. The molecule has 5 heterocycles. The number of carbonyl (C=O) groups excluding carboxylic acids is 1. The maximum Gasteiger partial charge on any atom is 0.317 e. The van der Waals surface area contributed by atoms with Crippen molar-refractivity contribution in [3.05, 3.63) is 51.5 Å². The first kappa shape index (κ1) is 25.8. The lowest BCUT2D eigenvalue weighted by Gasteiger charge is -2.33. The van der Waals surface area contributed by atoms with Crippen molar-refractivity contribution in [1.29, 1.82) is 5.26 Å². The fourth-order valence-electron chi connectivity index (χ4n) is 6.01. The summed E-state index contributed by atoms with van der Waals surface area (Å²) in [5.74, 6) is 0.752. The SMILES string of the molecule is CNC(=O)N1CCc2c(c(N3CCCc4cc(-c5ccc(C#N)s5)c(C(F)F)cc43)nn2C2CCOCC2)C1. The average Bonchev–Trinajstić information content (AvgIpc) is 3.61. The predicted octanol–water partition coefficient (Wildman–Crippen LogP) is 5.55. The van der Waals surface area contributed by atoms with Gasteiger partial charge in [0.1, 0.15) is 10.9 Å². The summed E-state index contributed by atoms with van der Waals surface area (Å²) in [6.45, 7) is 3.04. The molecule has 0 atom stereocenters. The number of halogens is 2. The maximum absolute atomic E-state index is 14.4. The van der Waals surface area contributed by atoms with Crippen LogP contribution in [0, 0.1) is 11.3 Å². The number of hydrogen-bond acceptors (Lipinski definition) is 6. The standard InChI is InChI=1S/C28H30F2N6O2S/c1-32-28(37)34-10-6-23-22(16-34)27(33-36(23)18-7-11-38-12-8-18)35-9-2-3-17-13-20(21(26(29)30)14-24(17)35)25-5-4-19(15-31)39-25/h4-5,13-14,18,26H,2-3,6-12,16H2,1H3,(H,32,37). The number of alkyl halides is 2. The van der Waals surface area contributed by atoms with Crippen molar-refractivity contribution in [3.8, 4) is 16.5 Å². The third-order valence-corrected chi connectivity index (χ3v) is 8.97. The molecule has 8 nitrogen and oxygen atoms in total. The highest BCUT2D eigenvalue weighted by atomic mass is 32.1. The molecule has 0 saturated carbocycles. The molecule has 2 aromatic heterocycles. The monoisotopic (exact) mass is 552 g/mol. The van der Waals surface area contributed by atoms with Crippen molar-refractivity contribution in [2.75, 3.05) is 38.3 Å². The molecule has 3 aliphatic rings. The number of aromatic nitrogens is 2. The van der Waals surface area contributed by atoms with E-state index in [0.717, 1.165) is 54.0 Å². The summed E-state index contributed by atoms with van der Waals surface area (Å²) >= 11 is 1.23. The van der Waals surface area contributed by atoms with E-state index in [-0.39, 0.29) is 17.6 Å². The van der Waals surface area contributed by atoms with Gasteiger partial charge in [-0.3, -0.25) is 4.68 Å². The van der Waals surface area contributed by atoms with Crippen LogP contribution in [0.5, 0.6) is 0 Å². The highest BCUT2D eigenvalue weighted by molar-refractivity contribution is 7.16. The van der Waals surface area contributed by atoms with Crippen molar-refractivity contribution >= 4 is 28.9 Å². The number of fused-ring (bicyclic) bond motifs is 2. The van der Waals surface area contributed by atoms with Crippen LogP contribution in [-0.2, 0) is 24.1 Å². The summed E-state index contributed by atoms with van der Waals surface area (Å²) in [4.78, 5) is 17.6. The third-order valence-electron chi connectivity index (χ3n) is 7.94. The number of anilines is 2. The number of carbonyl (C=O) groups is 1. The lowest BCUT2D eigenvalue weighted by atomic mass is 9.94. The minimum Gasteiger partial charge on any atom is -0.381 e. The molecule has 2 amide bonds. The Morgan fingerprint density at radius 2 is 2.05 bits per heavy atom. The number of ether oxygens (including phenoxy) is 1. The van der Waals surface area contributed by atoms with E-state index >= 15 is 0 Å². The molecule has 0 aliphatic carbocycles. The van der Waals surface area contributed by atoms with E-state index in [1.165, 1.54) is 11.3 Å². The molecule has 3 aliphatic heterocycles. The zero-order valence-electron chi connectivity index (χ0n) is 21.8. The Morgan fingerprint density at radius 3 is 2.77 bits per heavy atom. The van der Waals surface area contributed by atoms with Gasteiger partial charge in [-0.25, -0.2) is 13.6 Å². The molecule has 1 aromatic carbocycles. The van der Waals surface area contributed by atoms with Crippen molar-refractivity contribution in [1.82, 2.24) is 20.0 Å². The van der Waals surface area contributed by atoms with E-state index in [1.54, 1.807) is 30.1 Å². The molecule has 1 saturated heterocycles. The first-order chi connectivity index (χ1) is 19.0. The number of aryl methyl sites for hydroxylation is 1. The van der Waals surface area contributed by atoms with Crippen LogP contribution >= 0.6 is 11.3 Å². The molecule has 0 spiro atoms. The topological polar surface area (TPSA) is 86.4 Å². The Bertz CT molecular complexity index is 1440. The van der Waals surface area contributed by atoms with Crippen LogP contribution in [0.2, 0.25) is 0 Å². The number of amides is 2. The highest BCUT2D eigenvalue weighted by Gasteiger charge is 2.34. The van der Waals surface area contributed by atoms with E-state index in [0.29, 0.717) is 54.6 Å². The molecule has 0 unspecified atom stereocenters. The second kappa shape index (κ2) is 10.6. The van der Waals surface area contributed by atoms with Crippen LogP contribution in [0.15, 0.2) is 24.3 Å². The van der Waals surface area contributed by atoms with Gasteiger partial charge in [0, 0.05) is 72.7 Å². The van der Waals surface area contributed by atoms with Gasteiger partial charge in [0.15, 0.2) is 5.82 Å². The Balaban J connectivity index is 1.46. The van der Waals surface area contributed by atoms with Gasteiger partial charge in [0.2, 0.25) is 0 Å².